The third-order valence-electron chi connectivity index (χ3n) is 10.2. The van der Waals surface area contributed by atoms with Crippen molar-refractivity contribution in [1.82, 2.24) is 19.3 Å². The van der Waals surface area contributed by atoms with Crippen LogP contribution in [0.1, 0.15) is 82.0 Å². The van der Waals surface area contributed by atoms with Crippen molar-refractivity contribution in [3.63, 3.8) is 0 Å². The summed E-state index contributed by atoms with van der Waals surface area (Å²) in [5, 5.41) is 11.7. The molecular formula is C30H37N5O2. The maximum Gasteiger partial charge on any atom is 0.222 e. The van der Waals surface area contributed by atoms with Gasteiger partial charge in [0, 0.05) is 42.9 Å². The number of carbonyl (C=O) groups excluding carboxylic acids is 1. The number of hydrogen-bond donors (Lipinski definition) is 2. The summed E-state index contributed by atoms with van der Waals surface area (Å²) in [5.74, 6) is 3.58. The van der Waals surface area contributed by atoms with Crippen LogP contribution in [0.3, 0.4) is 0 Å². The minimum Gasteiger partial charge on any atom is -0.385 e. The number of piperidine rings is 1. The number of nitrogens with zero attached hydrogens (tertiary/aromatic N) is 4. The highest BCUT2D eigenvalue weighted by Crippen LogP contribution is 2.51. The van der Waals surface area contributed by atoms with Crippen LogP contribution in [0.4, 0.5) is 5.82 Å². The zero-order chi connectivity index (χ0) is 25.3. The zero-order valence-electron chi connectivity index (χ0n) is 21.6. The smallest absolute Gasteiger partial charge is 0.222 e. The maximum atomic E-state index is 12.4. The lowest BCUT2D eigenvalue weighted by Gasteiger charge is -2.48. The average molecular weight is 500 g/mol. The normalized spacial score (nSPS) is 31.0. The Morgan fingerprint density at radius 1 is 1.05 bits per heavy atom. The van der Waals surface area contributed by atoms with Gasteiger partial charge in [0.15, 0.2) is 0 Å². The molecule has 1 aromatic carbocycles. The van der Waals surface area contributed by atoms with Gasteiger partial charge in [-0.2, -0.15) is 0 Å². The van der Waals surface area contributed by atoms with E-state index in [0.717, 1.165) is 66.3 Å². The zero-order valence-corrected chi connectivity index (χ0v) is 21.6. The number of aromatic nitrogens is 3. The Morgan fingerprint density at radius 3 is 2.57 bits per heavy atom. The second-order valence-electron chi connectivity index (χ2n) is 12.2. The van der Waals surface area contributed by atoms with Gasteiger partial charge >= 0.3 is 0 Å². The first-order chi connectivity index (χ1) is 17.9. The molecule has 2 aliphatic heterocycles. The van der Waals surface area contributed by atoms with Crippen LogP contribution < -0.4 is 5.73 Å². The van der Waals surface area contributed by atoms with E-state index in [2.05, 4.69) is 38.6 Å². The molecule has 194 valence electrons. The number of imidazole rings is 1. The molecule has 7 heteroatoms. The van der Waals surface area contributed by atoms with Crippen LogP contribution in [-0.2, 0) is 10.4 Å². The first kappa shape index (κ1) is 23.2. The molecule has 1 amide bonds. The van der Waals surface area contributed by atoms with E-state index in [-0.39, 0.29) is 11.8 Å². The van der Waals surface area contributed by atoms with E-state index >= 15 is 0 Å². The van der Waals surface area contributed by atoms with E-state index in [1.165, 1.54) is 25.7 Å². The van der Waals surface area contributed by atoms with Crippen LogP contribution in [0.15, 0.2) is 36.7 Å². The molecule has 3 N–H and O–H groups in total. The van der Waals surface area contributed by atoms with Crippen LogP contribution in [0.5, 0.6) is 0 Å². The van der Waals surface area contributed by atoms with E-state index < -0.39 is 5.60 Å². The summed E-state index contributed by atoms with van der Waals surface area (Å²) in [5.41, 5.74) is 9.16. The largest absolute Gasteiger partial charge is 0.385 e. The molecule has 2 saturated heterocycles. The standard InChI is InChI=1S/C30H37N5O2/c1-30(37,24-16-18-2-4-19(24)5-3-18)22-9-6-20(7-10-22)26-27-28(31)32-14-15-34(27)29(33-26)21-8-11-23-12-13-25(36)35(23)17-21/h6-7,9-10,14-15,18-19,21,23-24,37H,2-5,8,11-13,16-17H2,1H3,(H2,31,32)/t18?,19?,21-,23+,24?,30?/m1/s1. The van der Waals surface area contributed by atoms with Crippen LogP contribution in [-0.4, -0.2) is 42.9 Å². The Balaban J connectivity index is 1.22. The van der Waals surface area contributed by atoms with E-state index in [1.807, 2.05) is 13.1 Å². The molecule has 2 bridgehead atoms. The van der Waals surface area contributed by atoms with Gasteiger partial charge in [-0.1, -0.05) is 37.1 Å². The predicted molar refractivity (Wildman–Crippen MR) is 143 cm³/mol. The molecule has 3 aromatic rings. The number of amides is 1. The molecule has 4 atom stereocenters. The molecule has 37 heavy (non-hydrogen) atoms. The van der Waals surface area contributed by atoms with E-state index in [0.29, 0.717) is 30.1 Å². The Hall–Kier alpha value is -2.93. The molecule has 2 unspecified atom stereocenters. The highest BCUT2D eigenvalue weighted by atomic mass is 16.3. The van der Waals surface area contributed by atoms with Crippen molar-refractivity contribution in [3.05, 3.63) is 48.0 Å². The minimum atomic E-state index is -0.828. The van der Waals surface area contributed by atoms with Gasteiger partial charge in [0.1, 0.15) is 22.9 Å². The van der Waals surface area contributed by atoms with E-state index in [4.69, 9.17) is 10.7 Å². The number of fused-ring (bicyclic) bond motifs is 5. The Bertz CT molecular complexity index is 1340. The maximum absolute atomic E-state index is 12.4. The summed E-state index contributed by atoms with van der Waals surface area (Å²) in [7, 11) is 0. The van der Waals surface area contributed by atoms with Crippen molar-refractivity contribution < 1.29 is 9.90 Å². The molecule has 8 rings (SSSR count). The number of aliphatic hydroxyl groups is 1. The topological polar surface area (TPSA) is 96.8 Å². The first-order valence-electron chi connectivity index (χ1n) is 14.2. The lowest BCUT2D eigenvalue weighted by molar-refractivity contribution is -0.130. The Kier molecular flexibility index (Phi) is 5.36. The predicted octanol–water partition coefficient (Wildman–Crippen LogP) is 4.88. The molecular weight excluding hydrogens is 462 g/mol. The minimum absolute atomic E-state index is 0.170. The molecule has 3 saturated carbocycles. The van der Waals surface area contributed by atoms with Gasteiger partial charge in [0.2, 0.25) is 5.91 Å². The van der Waals surface area contributed by atoms with Crippen LogP contribution in [0.25, 0.3) is 16.8 Å². The summed E-state index contributed by atoms with van der Waals surface area (Å²) < 4.78 is 2.08. The molecule has 7 nitrogen and oxygen atoms in total. The Morgan fingerprint density at radius 2 is 1.84 bits per heavy atom. The lowest BCUT2D eigenvalue weighted by Crippen LogP contribution is -2.43. The number of hydrogen-bond acceptors (Lipinski definition) is 5. The highest BCUT2D eigenvalue weighted by molar-refractivity contribution is 5.85. The van der Waals surface area contributed by atoms with Gasteiger partial charge in [-0.05, 0) is 68.8 Å². The molecule has 3 aliphatic carbocycles. The number of nitrogens with two attached hydrogens (primary N) is 1. The van der Waals surface area contributed by atoms with Crippen LogP contribution in [0, 0.1) is 17.8 Å². The summed E-state index contributed by atoms with van der Waals surface area (Å²) in [6, 6.07) is 8.68. The summed E-state index contributed by atoms with van der Waals surface area (Å²) in [6.07, 6.45) is 13.6. The summed E-state index contributed by atoms with van der Waals surface area (Å²) in [6.45, 7) is 2.73. The second kappa shape index (κ2) is 8.55. The molecule has 0 spiro atoms. The summed E-state index contributed by atoms with van der Waals surface area (Å²) in [4.78, 5) is 24.0. The highest BCUT2D eigenvalue weighted by Gasteiger charge is 2.45. The third kappa shape index (κ3) is 3.69. The monoisotopic (exact) mass is 499 g/mol. The van der Waals surface area contributed by atoms with Crippen molar-refractivity contribution in [3.8, 4) is 11.3 Å². The fourth-order valence-electron chi connectivity index (χ4n) is 8.10. The number of nitrogen functional groups attached to an aromatic ring is 1. The summed E-state index contributed by atoms with van der Waals surface area (Å²) >= 11 is 0. The molecule has 2 aromatic heterocycles. The van der Waals surface area contributed by atoms with Crippen molar-refractivity contribution in [2.75, 3.05) is 12.3 Å². The third-order valence-corrected chi connectivity index (χ3v) is 10.2. The van der Waals surface area contributed by atoms with Crippen LogP contribution >= 0.6 is 0 Å². The molecule has 5 fully saturated rings. The Labute approximate surface area is 218 Å². The number of anilines is 1. The van der Waals surface area contributed by atoms with Crippen molar-refractivity contribution in [2.45, 2.75) is 82.3 Å². The van der Waals surface area contributed by atoms with Gasteiger partial charge < -0.3 is 15.7 Å². The fourth-order valence-corrected chi connectivity index (χ4v) is 8.10. The van der Waals surface area contributed by atoms with Crippen molar-refractivity contribution >= 4 is 17.2 Å². The van der Waals surface area contributed by atoms with Crippen LogP contribution in [0.2, 0.25) is 0 Å². The first-order valence-corrected chi connectivity index (χ1v) is 14.2. The van der Waals surface area contributed by atoms with Gasteiger partial charge in [-0.15, -0.1) is 0 Å². The average Bonchev–Trinajstić information content (AvgIpc) is 3.51. The van der Waals surface area contributed by atoms with Gasteiger partial charge in [-0.25, -0.2) is 9.97 Å². The van der Waals surface area contributed by atoms with Crippen molar-refractivity contribution in [1.29, 1.82) is 0 Å². The van der Waals surface area contributed by atoms with E-state index in [1.54, 1.807) is 6.20 Å². The van der Waals surface area contributed by atoms with Gasteiger partial charge in [-0.3, -0.25) is 9.20 Å². The molecule has 5 aliphatic rings. The van der Waals surface area contributed by atoms with Gasteiger partial charge in [0.05, 0.1) is 5.60 Å². The number of rotatable bonds is 4. The van der Waals surface area contributed by atoms with Gasteiger partial charge in [0.25, 0.3) is 0 Å². The quantitative estimate of drug-likeness (QED) is 0.533. The van der Waals surface area contributed by atoms with Crippen molar-refractivity contribution in [2.24, 2.45) is 17.8 Å². The number of carbonyl (C=O) groups is 1. The number of benzene rings is 1. The lowest BCUT2D eigenvalue weighted by atomic mass is 9.59. The fraction of sp³-hybridized carbons (Fsp3) is 0.567. The molecule has 4 heterocycles. The second-order valence-corrected chi connectivity index (χ2v) is 12.2. The van der Waals surface area contributed by atoms with E-state index in [9.17, 15) is 9.90 Å². The SMILES string of the molecule is CC(O)(c1ccc(-c2nc([C@@H]3CC[C@H]4CCC(=O)N4C3)n3ccnc(N)c23)cc1)C1CC2CCC1CC2. The molecule has 0 radical (unpaired) electrons.